The van der Waals surface area contributed by atoms with Gasteiger partial charge in [0.1, 0.15) is 0 Å². The molecule has 1 aromatic rings. The van der Waals surface area contributed by atoms with E-state index >= 15 is 0 Å². The molecule has 1 N–H and O–H groups in total. The zero-order valence-electron chi connectivity index (χ0n) is 7.65. The highest BCUT2D eigenvalue weighted by Gasteiger charge is 2.34. The monoisotopic (exact) mass is 213 g/mol. The van der Waals surface area contributed by atoms with E-state index in [1.807, 2.05) is 0 Å². The summed E-state index contributed by atoms with van der Waals surface area (Å²) < 4.78 is 0. The second kappa shape index (κ2) is 3.78. The van der Waals surface area contributed by atoms with Gasteiger partial charge in [-0.05, 0) is 18.6 Å². The molecule has 0 spiro atoms. The van der Waals surface area contributed by atoms with Crippen LogP contribution in [0.2, 0.25) is 0 Å². The van der Waals surface area contributed by atoms with Gasteiger partial charge in [-0.2, -0.15) is 0 Å². The molecule has 0 unspecified atom stereocenters. The van der Waals surface area contributed by atoms with E-state index in [0.29, 0.717) is 0 Å². The number of aromatic hydroxyl groups is 1. The van der Waals surface area contributed by atoms with Gasteiger partial charge in [-0.3, -0.25) is 0 Å². The summed E-state index contributed by atoms with van der Waals surface area (Å²) in [6.07, 6.45) is 0. The summed E-state index contributed by atoms with van der Waals surface area (Å²) in [7, 11) is 0. The Kier molecular flexibility index (Phi) is 2.70. The summed E-state index contributed by atoms with van der Waals surface area (Å²) in [5.41, 5.74) is -0.198. The number of aryl methyl sites for hydroxylation is 1. The highest BCUT2D eigenvalue weighted by Crippen LogP contribution is 2.30. The maximum Gasteiger partial charge on any atom is 0.228 e. The van der Waals surface area contributed by atoms with Crippen LogP contribution in [0.5, 0.6) is 5.75 Å². The van der Waals surface area contributed by atoms with Crippen molar-refractivity contribution in [2.24, 2.45) is 0 Å². The van der Waals surface area contributed by atoms with Gasteiger partial charge < -0.3 is 5.11 Å². The summed E-state index contributed by atoms with van der Waals surface area (Å²) in [6.45, 7) is 1.43. The summed E-state index contributed by atoms with van der Waals surface area (Å²) in [6, 6.07) is 4.00. The number of nitrogens with zero attached hydrogens (tertiary/aromatic N) is 3. The fourth-order valence-corrected chi connectivity index (χ4v) is 1.13. The van der Waals surface area contributed by atoms with Crippen molar-refractivity contribution in [2.75, 3.05) is 5.12 Å². The average molecular weight is 213 g/mol. The Bertz CT molecular complexity index is 385. The topological polar surface area (TPSA) is 110 Å². The molecular weight excluding hydrogens is 206 g/mol. The minimum absolute atomic E-state index is 0.239. The maximum absolute atomic E-state index is 10.4. The van der Waals surface area contributed by atoms with Gasteiger partial charge in [-0.1, -0.05) is 12.1 Å². The molecule has 0 bridgehead atoms. The van der Waals surface area contributed by atoms with Crippen LogP contribution in [-0.2, 0) is 0 Å². The number of nitro groups is 2. The van der Waals surface area contributed by atoms with E-state index in [2.05, 4.69) is 0 Å². The van der Waals surface area contributed by atoms with E-state index in [1.54, 1.807) is 0 Å². The Morgan fingerprint density at radius 2 is 1.80 bits per heavy atom. The zero-order chi connectivity index (χ0) is 11.6. The van der Waals surface area contributed by atoms with Gasteiger partial charge in [0.05, 0.1) is 0 Å². The molecule has 0 amide bonds. The quantitative estimate of drug-likeness (QED) is 0.589. The summed E-state index contributed by atoms with van der Waals surface area (Å²) in [5, 5.41) is 27.4. The fraction of sp³-hybridized carbons (Fsp3) is 0.143. The number of hydrogen-bond donors (Lipinski definition) is 1. The van der Waals surface area contributed by atoms with Crippen molar-refractivity contribution in [2.45, 2.75) is 6.92 Å². The predicted octanol–water partition coefficient (Wildman–Crippen LogP) is 0.890. The first-order valence-corrected chi connectivity index (χ1v) is 3.82. The minimum Gasteiger partial charge on any atom is -0.505 e. The molecule has 0 radical (unpaired) electrons. The number of hydrazine groups is 2. The van der Waals surface area contributed by atoms with Gasteiger partial charge in [0.25, 0.3) is 0 Å². The van der Waals surface area contributed by atoms with Crippen molar-refractivity contribution in [1.82, 2.24) is 0 Å². The molecule has 0 saturated heterocycles. The van der Waals surface area contributed by atoms with Gasteiger partial charge in [0, 0.05) is 0 Å². The first-order chi connectivity index (χ1) is 6.95. The lowest BCUT2D eigenvalue weighted by atomic mass is 10.2. The van der Waals surface area contributed by atoms with Gasteiger partial charge in [0.2, 0.25) is 20.9 Å². The number of benzene rings is 1. The lowest BCUT2D eigenvalue weighted by Gasteiger charge is -2.07. The van der Waals surface area contributed by atoms with Crippen molar-refractivity contribution in [1.29, 1.82) is 0 Å². The Balaban J connectivity index is 3.35. The largest absolute Gasteiger partial charge is 0.505 e. The SMILES string of the molecule is Cc1cccc(O)c1N([N+](=O)[O-])[N+](=O)[O-]. The second-order valence-electron chi connectivity index (χ2n) is 2.71. The number of phenols is 1. The molecule has 0 saturated carbocycles. The van der Waals surface area contributed by atoms with Crippen LogP contribution in [0.3, 0.4) is 0 Å². The second-order valence-corrected chi connectivity index (χ2v) is 2.71. The van der Waals surface area contributed by atoms with Crippen molar-refractivity contribution < 1.29 is 15.2 Å². The Hall–Kier alpha value is -2.38. The third kappa shape index (κ3) is 1.93. The molecule has 0 aliphatic rings. The number of para-hydroxylation sites is 1. The van der Waals surface area contributed by atoms with E-state index in [-0.39, 0.29) is 10.7 Å². The minimum atomic E-state index is -1.21. The first kappa shape index (κ1) is 10.7. The molecule has 15 heavy (non-hydrogen) atoms. The lowest BCUT2D eigenvalue weighted by Crippen LogP contribution is -2.36. The number of rotatable bonds is 3. The van der Waals surface area contributed by atoms with E-state index in [9.17, 15) is 25.3 Å². The number of phenolic OH excluding ortho intramolecular Hbond substituents is 1. The molecule has 0 aliphatic carbocycles. The normalized spacial score (nSPS) is 9.67. The summed E-state index contributed by atoms with van der Waals surface area (Å²) in [4.78, 5) is 20.8. The number of anilines is 1. The van der Waals surface area contributed by atoms with Crippen molar-refractivity contribution in [3.8, 4) is 5.75 Å². The number of hydrogen-bond acceptors (Lipinski definition) is 5. The van der Waals surface area contributed by atoms with Crippen molar-refractivity contribution in [3.63, 3.8) is 0 Å². The third-order valence-electron chi connectivity index (χ3n) is 1.73. The van der Waals surface area contributed by atoms with E-state index in [4.69, 9.17) is 0 Å². The van der Waals surface area contributed by atoms with Gasteiger partial charge in [-0.25, -0.2) is 20.2 Å². The smallest absolute Gasteiger partial charge is 0.228 e. The molecule has 0 atom stereocenters. The highest BCUT2D eigenvalue weighted by atomic mass is 16.8. The standard InChI is InChI=1S/C7H7N3O5/c1-5-3-2-4-6(11)7(5)8(9(12)13)10(14)15/h2-4,11H,1H3. The Labute approximate surface area is 83.6 Å². The van der Waals surface area contributed by atoms with Crippen LogP contribution < -0.4 is 5.12 Å². The van der Waals surface area contributed by atoms with Crippen molar-refractivity contribution >= 4 is 5.69 Å². The van der Waals surface area contributed by atoms with Crippen LogP contribution in [-0.4, -0.2) is 15.2 Å². The van der Waals surface area contributed by atoms with Gasteiger partial charge in [0.15, 0.2) is 5.75 Å². The summed E-state index contributed by atoms with van der Waals surface area (Å²) in [5.74, 6) is -0.511. The maximum atomic E-state index is 10.4. The molecule has 0 fully saturated rings. The zero-order valence-corrected chi connectivity index (χ0v) is 7.65. The average Bonchev–Trinajstić information content (AvgIpc) is 2.09. The predicted molar refractivity (Wildman–Crippen MR) is 49.3 cm³/mol. The van der Waals surface area contributed by atoms with Crippen LogP contribution >= 0.6 is 0 Å². The van der Waals surface area contributed by atoms with Gasteiger partial charge in [-0.15, -0.1) is 0 Å². The molecule has 0 heterocycles. The van der Waals surface area contributed by atoms with Crippen LogP contribution in [0, 0.1) is 27.2 Å². The lowest BCUT2D eigenvalue weighted by molar-refractivity contribution is -0.712. The van der Waals surface area contributed by atoms with Crippen LogP contribution in [0.1, 0.15) is 5.56 Å². The molecule has 8 heteroatoms. The highest BCUT2D eigenvalue weighted by molar-refractivity contribution is 5.59. The fourth-order valence-electron chi connectivity index (χ4n) is 1.13. The third-order valence-corrected chi connectivity index (χ3v) is 1.73. The molecule has 0 aliphatic heterocycles. The van der Waals surface area contributed by atoms with E-state index in [1.165, 1.54) is 19.1 Å². The molecule has 1 aromatic carbocycles. The van der Waals surface area contributed by atoms with Crippen LogP contribution in [0.25, 0.3) is 0 Å². The Morgan fingerprint density at radius 1 is 1.27 bits per heavy atom. The van der Waals surface area contributed by atoms with Crippen LogP contribution in [0.15, 0.2) is 18.2 Å². The van der Waals surface area contributed by atoms with Gasteiger partial charge >= 0.3 is 0 Å². The molecule has 80 valence electrons. The molecular formula is C7H7N3O5. The van der Waals surface area contributed by atoms with E-state index < -0.39 is 21.5 Å². The first-order valence-electron chi connectivity index (χ1n) is 3.82. The Morgan fingerprint density at radius 3 is 2.20 bits per heavy atom. The van der Waals surface area contributed by atoms with E-state index in [0.717, 1.165) is 6.07 Å². The molecule has 0 aromatic heterocycles. The molecule has 1 rings (SSSR count). The van der Waals surface area contributed by atoms with Crippen molar-refractivity contribution in [3.05, 3.63) is 44.0 Å². The molecule has 8 nitrogen and oxygen atoms in total. The summed E-state index contributed by atoms with van der Waals surface area (Å²) >= 11 is 0. The van der Waals surface area contributed by atoms with Crippen LogP contribution in [0.4, 0.5) is 5.69 Å².